The third kappa shape index (κ3) is 2.99. The number of rotatable bonds is 2. The maximum Gasteiger partial charge on any atom is 0.229 e. The predicted octanol–water partition coefficient (Wildman–Crippen LogP) is 4.70. The number of ketones is 1. The van der Waals surface area contributed by atoms with E-state index in [0.717, 1.165) is 24.5 Å². The number of fused-ring (bicyclic) bond motifs is 1. The molecule has 0 N–H and O–H groups in total. The van der Waals surface area contributed by atoms with E-state index < -0.39 is 9.04 Å². The van der Waals surface area contributed by atoms with Crippen molar-refractivity contribution in [3.63, 3.8) is 0 Å². The van der Waals surface area contributed by atoms with Crippen LogP contribution < -0.4 is 0 Å². The normalized spacial score (nSPS) is 34.2. The second kappa shape index (κ2) is 5.57. The zero-order valence-corrected chi connectivity index (χ0v) is 16.0. The molecule has 21 heavy (non-hydrogen) atoms. The molecule has 2 aliphatic rings. The minimum Gasteiger partial charge on any atom is -0.545 e. The standard InChI is InChI=1S/C18H32O2Si/c1-12-13(17(2,3)4)8-9-14-16(20-21(6)7)15(19)10-11-18(12,14)5/h12-13,21H,8-11H2,1-7H3/t12-,13+,18-/m1/s1. The van der Waals surface area contributed by atoms with Gasteiger partial charge in [0.25, 0.3) is 0 Å². The van der Waals surface area contributed by atoms with Crippen LogP contribution in [0.3, 0.4) is 0 Å². The molecule has 0 amide bonds. The van der Waals surface area contributed by atoms with E-state index in [2.05, 4.69) is 47.7 Å². The number of allylic oxidation sites excluding steroid dienone is 2. The van der Waals surface area contributed by atoms with Crippen LogP contribution >= 0.6 is 0 Å². The van der Waals surface area contributed by atoms with Gasteiger partial charge in [0.1, 0.15) is 5.76 Å². The zero-order chi connectivity index (χ0) is 16.0. The van der Waals surface area contributed by atoms with Crippen LogP contribution in [0.2, 0.25) is 13.1 Å². The van der Waals surface area contributed by atoms with Gasteiger partial charge in [0.2, 0.25) is 9.04 Å². The number of hydrogen-bond donors (Lipinski definition) is 0. The van der Waals surface area contributed by atoms with E-state index in [1.165, 1.54) is 12.0 Å². The van der Waals surface area contributed by atoms with Gasteiger partial charge < -0.3 is 4.43 Å². The van der Waals surface area contributed by atoms with Gasteiger partial charge in [0.15, 0.2) is 5.78 Å². The summed E-state index contributed by atoms with van der Waals surface area (Å²) in [4.78, 5) is 12.4. The lowest BCUT2D eigenvalue weighted by molar-refractivity contribution is -0.120. The average molecular weight is 309 g/mol. The van der Waals surface area contributed by atoms with Gasteiger partial charge in [-0.15, -0.1) is 0 Å². The molecule has 3 atom stereocenters. The van der Waals surface area contributed by atoms with E-state index in [-0.39, 0.29) is 11.2 Å². The van der Waals surface area contributed by atoms with E-state index in [4.69, 9.17) is 4.43 Å². The Balaban J connectivity index is 2.42. The lowest BCUT2D eigenvalue weighted by Gasteiger charge is -2.52. The van der Waals surface area contributed by atoms with E-state index in [0.29, 0.717) is 17.8 Å². The summed E-state index contributed by atoms with van der Waals surface area (Å²) in [6, 6.07) is 0. The van der Waals surface area contributed by atoms with Crippen LogP contribution in [-0.4, -0.2) is 14.8 Å². The van der Waals surface area contributed by atoms with Crippen molar-refractivity contribution in [2.75, 3.05) is 0 Å². The first-order valence-electron chi connectivity index (χ1n) is 8.51. The van der Waals surface area contributed by atoms with Gasteiger partial charge in [-0.25, -0.2) is 0 Å². The van der Waals surface area contributed by atoms with E-state index in [9.17, 15) is 4.79 Å². The van der Waals surface area contributed by atoms with E-state index in [1.54, 1.807) is 0 Å². The summed E-state index contributed by atoms with van der Waals surface area (Å²) in [5, 5.41) is 0. The molecular weight excluding hydrogens is 276 g/mol. The maximum atomic E-state index is 12.4. The molecule has 2 nitrogen and oxygen atoms in total. The van der Waals surface area contributed by atoms with Gasteiger partial charge in [0.05, 0.1) is 0 Å². The van der Waals surface area contributed by atoms with Crippen molar-refractivity contribution in [1.82, 2.24) is 0 Å². The topological polar surface area (TPSA) is 26.3 Å². The van der Waals surface area contributed by atoms with Gasteiger partial charge in [-0.05, 0) is 60.6 Å². The van der Waals surface area contributed by atoms with Crippen molar-refractivity contribution in [1.29, 1.82) is 0 Å². The minimum absolute atomic E-state index is 0.155. The quantitative estimate of drug-likeness (QED) is 0.691. The van der Waals surface area contributed by atoms with E-state index >= 15 is 0 Å². The fraction of sp³-hybridized carbons (Fsp3) is 0.833. The van der Waals surface area contributed by atoms with Gasteiger partial charge >= 0.3 is 0 Å². The van der Waals surface area contributed by atoms with Crippen LogP contribution in [0.5, 0.6) is 0 Å². The molecule has 1 saturated carbocycles. The van der Waals surface area contributed by atoms with Crippen LogP contribution in [0.25, 0.3) is 0 Å². The van der Waals surface area contributed by atoms with Crippen LogP contribution in [0, 0.1) is 22.7 Å². The van der Waals surface area contributed by atoms with Crippen molar-refractivity contribution in [3.8, 4) is 0 Å². The molecule has 0 radical (unpaired) electrons. The first-order chi connectivity index (χ1) is 9.57. The highest BCUT2D eigenvalue weighted by molar-refractivity contribution is 6.49. The smallest absolute Gasteiger partial charge is 0.229 e. The molecule has 0 aromatic carbocycles. The van der Waals surface area contributed by atoms with Crippen molar-refractivity contribution < 1.29 is 9.22 Å². The van der Waals surface area contributed by atoms with Gasteiger partial charge in [0, 0.05) is 6.42 Å². The Labute approximate surface area is 132 Å². The summed E-state index contributed by atoms with van der Waals surface area (Å²) in [5.74, 6) is 2.36. The highest BCUT2D eigenvalue weighted by Crippen LogP contribution is 2.57. The fourth-order valence-electron chi connectivity index (χ4n) is 4.52. The molecule has 0 bridgehead atoms. The highest BCUT2D eigenvalue weighted by atomic mass is 28.3. The molecule has 0 spiro atoms. The monoisotopic (exact) mass is 308 g/mol. The molecular formula is C18H32O2Si. The summed E-state index contributed by atoms with van der Waals surface area (Å²) < 4.78 is 6.08. The Kier molecular flexibility index (Phi) is 4.45. The third-order valence-electron chi connectivity index (χ3n) is 5.87. The molecule has 2 rings (SSSR count). The SMILES string of the molecule is C[C@@H]1[C@@H](C(C)(C)C)CCC2=C(O[SiH](C)C)C(=O)CC[C@@]21C. The molecule has 0 unspecified atom stereocenters. The predicted molar refractivity (Wildman–Crippen MR) is 90.7 cm³/mol. The maximum absolute atomic E-state index is 12.4. The Hall–Kier alpha value is -0.573. The van der Waals surface area contributed by atoms with Gasteiger partial charge in [-0.2, -0.15) is 0 Å². The van der Waals surface area contributed by atoms with Crippen LogP contribution in [0.15, 0.2) is 11.3 Å². The summed E-state index contributed by atoms with van der Waals surface area (Å²) in [5.41, 5.74) is 1.83. The molecule has 3 heteroatoms. The van der Waals surface area contributed by atoms with Crippen LogP contribution in [-0.2, 0) is 9.22 Å². The fourth-order valence-corrected chi connectivity index (χ4v) is 5.26. The molecule has 0 aromatic rings. The molecule has 0 saturated heterocycles. The molecule has 0 aliphatic heterocycles. The zero-order valence-electron chi connectivity index (χ0n) is 14.9. The van der Waals surface area contributed by atoms with Crippen LogP contribution in [0.1, 0.15) is 60.3 Å². The van der Waals surface area contributed by atoms with Gasteiger partial charge in [-0.1, -0.05) is 34.6 Å². The first kappa shape index (κ1) is 16.8. The van der Waals surface area contributed by atoms with Crippen molar-refractivity contribution in [2.45, 2.75) is 73.4 Å². The van der Waals surface area contributed by atoms with Crippen molar-refractivity contribution >= 4 is 14.8 Å². The Morgan fingerprint density at radius 1 is 1.24 bits per heavy atom. The Bertz CT molecular complexity index is 458. The molecule has 1 fully saturated rings. The second-order valence-corrected chi connectivity index (χ2v) is 10.9. The van der Waals surface area contributed by atoms with E-state index in [1.807, 2.05) is 0 Å². The number of carbonyl (C=O) groups is 1. The van der Waals surface area contributed by atoms with Crippen LogP contribution in [0.4, 0.5) is 0 Å². The third-order valence-corrected chi connectivity index (χ3v) is 6.58. The molecule has 0 aromatic heterocycles. The largest absolute Gasteiger partial charge is 0.545 e. The Morgan fingerprint density at radius 3 is 2.38 bits per heavy atom. The van der Waals surface area contributed by atoms with Crippen molar-refractivity contribution in [3.05, 3.63) is 11.3 Å². The van der Waals surface area contributed by atoms with Gasteiger partial charge in [-0.3, -0.25) is 4.79 Å². The number of hydrogen-bond acceptors (Lipinski definition) is 2. The summed E-state index contributed by atoms with van der Waals surface area (Å²) in [7, 11) is -1.23. The first-order valence-corrected chi connectivity index (χ1v) is 11.3. The molecule has 120 valence electrons. The lowest BCUT2D eigenvalue weighted by Crippen LogP contribution is -2.45. The molecule has 2 aliphatic carbocycles. The summed E-state index contributed by atoms with van der Waals surface area (Å²) in [6.45, 7) is 16.2. The highest BCUT2D eigenvalue weighted by Gasteiger charge is 2.50. The molecule has 0 heterocycles. The second-order valence-electron chi connectivity index (χ2n) is 8.61. The summed E-state index contributed by atoms with van der Waals surface area (Å²) >= 11 is 0. The minimum atomic E-state index is -1.23. The Morgan fingerprint density at radius 2 is 1.86 bits per heavy atom. The summed E-state index contributed by atoms with van der Waals surface area (Å²) in [6.07, 6.45) is 3.90. The number of carbonyl (C=O) groups excluding carboxylic acids is 1. The number of Topliss-reactive ketones (excluding diaryl/α,β-unsaturated/α-hetero) is 1. The van der Waals surface area contributed by atoms with Crippen molar-refractivity contribution in [2.24, 2.45) is 22.7 Å². The average Bonchev–Trinajstić information content (AvgIpc) is 2.34. The lowest BCUT2D eigenvalue weighted by atomic mass is 9.52.